The number of benzene rings is 1. The Morgan fingerprint density at radius 1 is 1.10 bits per heavy atom. The summed E-state index contributed by atoms with van der Waals surface area (Å²) in [6, 6.07) is 12.4. The fourth-order valence-corrected chi connectivity index (χ4v) is 4.80. The van der Waals surface area contributed by atoms with Gasteiger partial charge in [0, 0.05) is 51.1 Å². The molecule has 0 unspecified atom stereocenters. The Bertz CT molecular complexity index is 884. The molecule has 1 aromatic carbocycles. The first-order valence-corrected chi connectivity index (χ1v) is 10.7. The minimum atomic E-state index is -0.0624. The van der Waals surface area contributed by atoms with E-state index in [1.165, 1.54) is 0 Å². The molecule has 1 N–H and O–H groups in total. The average molecular weight is 395 g/mol. The highest BCUT2D eigenvalue weighted by molar-refractivity contribution is 5.81. The normalized spacial score (nSPS) is 24.0. The summed E-state index contributed by atoms with van der Waals surface area (Å²) in [5.74, 6) is 0.119. The predicted molar refractivity (Wildman–Crippen MR) is 113 cm³/mol. The summed E-state index contributed by atoms with van der Waals surface area (Å²) in [7, 11) is 0. The number of aromatic nitrogens is 1. The van der Waals surface area contributed by atoms with Crippen LogP contribution in [0.15, 0.2) is 36.4 Å². The van der Waals surface area contributed by atoms with Gasteiger partial charge in [0.2, 0.25) is 11.8 Å². The van der Waals surface area contributed by atoms with Gasteiger partial charge < -0.3 is 10.2 Å². The van der Waals surface area contributed by atoms with E-state index in [2.05, 4.69) is 28.4 Å². The molecule has 1 aliphatic heterocycles. The predicted octanol–water partition coefficient (Wildman–Crippen LogP) is 2.57. The molecule has 2 aliphatic rings. The molecule has 0 radical (unpaired) electrons. The van der Waals surface area contributed by atoms with E-state index in [1.807, 2.05) is 23.1 Å². The SMILES string of the molecule is CC(=O)N1CCCN(Cc2ccc3ccccc3n2)CCNC(=O)[C@@H]2CCC[C@@H]21. The number of hydrogen-bond donors (Lipinski definition) is 1. The van der Waals surface area contributed by atoms with Crippen molar-refractivity contribution in [3.63, 3.8) is 0 Å². The summed E-state index contributed by atoms with van der Waals surface area (Å²) in [5.41, 5.74) is 2.04. The minimum absolute atomic E-state index is 0.0567. The zero-order valence-corrected chi connectivity index (χ0v) is 17.1. The molecule has 2 heterocycles. The highest BCUT2D eigenvalue weighted by Gasteiger charge is 2.37. The van der Waals surface area contributed by atoms with E-state index < -0.39 is 0 Å². The standard InChI is InChI=1S/C23H30N4O2/c1-17(28)27-14-5-13-26(15-12-24-23(29)20-7-4-9-22(20)27)16-19-11-10-18-6-2-3-8-21(18)25-19/h2-3,6,8,10-11,20,22H,4-5,7,9,12-16H2,1H3,(H,24,29)/t20-,22+/m1/s1. The van der Waals surface area contributed by atoms with Crippen LogP contribution >= 0.6 is 0 Å². The van der Waals surface area contributed by atoms with Crippen molar-refractivity contribution in [3.05, 3.63) is 42.1 Å². The Morgan fingerprint density at radius 2 is 1.97 bits per heavy atom. The number of carbonyl (C=O) groups is 2. The Balaban J connectivity index is 1.47. The number of hydrogen-bond acceptors (Lipinski definition) is 4. The number of para-hydroxylation sites is 1. The molecule has 1 saturated heterocycles. The summed E-state index contributed by atoms with van der Waals surface area (Å²) in [4.78, 5) is 34.1. The molecule has 0 bridgehead atoms. The third-order valence-electron chi connectivity index (χ3n) is 6.26. The van der Waals surface area contributed by atoms with Gasteiger partial charge in [0.25, 0.3) is 0 Å². The fourth-order valence-electron chi connectivity index (χ4n) is 4.80. The molecule has 2 amide bonds. The first-order valence-electron chi connectivity index (χ1n) is 10.7. The minimum Gasteiger partial charge on any atom is -0.355 e. The Labute approximate surface area is 172 Å². The highest BCUT2D eigenvalue weighted by Crippen LogP contribution is 2.30. The number of nitrogens with zero attached hydrogens (tertiary/aromatic N) is 3. The monoisotopic (exact) mass is 394 g/mol. The number of fused-ring (bicyclic) bond motifs is 2. The van der Waals surface area contributed by atoms with Crippen LogP contribution in [0.4, 0.5) is 0 Å². The molecule has 6 heteroatoms. The molecule has 4 rings (SSSR count). The third-order valence-corrected chi connectivity index (χ3v) is 6.26. The molecule has 2 atom stereocenters. The van der Waals surface area contributed by atoms with E-state index >= 15 is 0 Å². The molecule has 1 aliphatic carbocycles. The maximum Gasteiger partial charge on any atom is 0.225 e. The van der Waals surface area contributed by atoms with E-state index in [1.54, 1.807) is 6.92 Å². The van der Waals surface area contributed by atoms with Crippen molar-refractivity contribution in [3.8, 4) is 0 Å². The van der Waals surface area contributed by atoms with Crippen LogP contribution in [0.2, 0.25) is 0 Å². The largest absolute Gasteiger partial charge is 0.355 e. The second-order valence-corrected chi connectivity index (χ2v) is 8.23. The van der Waals surface area contributed by atoms with Gasteiger partial charge in [0.05, 0.1) is 17.1 Å². The van der Waals surface area contributed by atoms with Crippen LogP contribution < -0.4 is 5.32 Å². The van der Waals surface area contributed by atoms with Crippen molar-refractivity contribution in [2.75, 3.05) is 26.2 Å². The van der Waals surface area contributed by atoms with E-state index in [-0.39, 0.29) is 23.8 Å². The fraction of sp³-hybridized carbons (Fsp3) is 0.522. The lowest BCUT2D eigenvalue weighted by molar-refractivity contribution is -0.134. The maximum absolute atomic E-state index is 12.7. The van der Waals surface area contributed by atoms with Crippen LogP contribution in [-0.2, 0) is 16.1 Å². The third kappa shape index (κ3) is 4.58. The van der Waals surface area contributed by atoms with Crippen LogP contribution in [0, 0.1) is 5.92 Å². The van der Waals surface area contributed by atoms with Gasteiger partial charge in [0.1, 0.15) is 0 Å². The average Bonchev–Trinajstić information content (AvgIpc) is 3.19. The lowest BCUT2D eigenvalue weighted by atomic mass is 10.0. The van der Waals surface area contributed by atoms with Crippen LogP contribution in [0.1, 0.15) is 38.3 Å². The number of rotatable bonds is 2. The Morgan fingerprint density at radius 3 is 2.83 bits per heavy atom. The quantitative estimate of drug-likeness (QED) is 0.850. The highest BCUT2D eigenvalue weighted by atomic mass is 16.2. The van der Waals surface area contributed by atoms with Gasteiger partial charge in [0.15, 0.2) is 0 Å². The molecule has 2 aromatic rings. The molecule has 6 nitrogen and oxygen atoms in total. The van der Waals surface area contributed by atoms with Gasteiger partial charge in [-0.2, -0.15) is 0 Å². The second kappa shape index (κ2) is 8.91. The van der Waals surface area contributed by atoms with Gasteiger partial charge in [-0.25, -0.2) is 0 Å². The van der Waals surface area contributed by atoms with Gasteiger partial charge in [-0.1, -0.05) is 30.7 Å². The van der Waals surface area contributed by atoms with Crippen molar-refractivity contribution in [1.29, 1.82) is 0 Å². The maximum atomic E-state index is 12.7. The van der Waals surface area contributed by atoms with E-state index in [4.69, 9.17) is 4.98 Å². The number of nitrogens with one attached hydrogen (secondary N) is 1. The second-order valence-electron chi connectivity index (χ2n) is 8.23. The number of carbonyl (C=O) groups excluding carboxylic acids is 2. The van der Waals surface area contributed by atoms with Crippen LogP contribution in [0.25, 0.3) is 10.9 Å². The molecular formula is C23H30N4O2. The van der Waals surface area contributed by atoms with Gasteiger partial charge >= 0.3 is 0 Å². The van der Waals surface area contributed by atoms with E-state index in [0.29, 0.717) is 13.1 Å². The molecule has 2 fully saturated rings. The van der Waals surface area contributed by atoms with Crippen molar-refractivity contribution in [1.82, 2.24) is 20.1 Å². The van der Waals surface area contributed by atoms with Crippen molar-refractivity contribution >= 4 is 22.7 Å². The van der Waals surface area contributed by atoms with E-state index in [9.17, 15) is 9.59 Å². The summed E-state index contributed by atoms with van der Waals surface area (Å²) in [5, 5.41) is 4.26. The number of amides is 2. The molecule has 0 spiro atoms. The van der Waals surface area contributed by atoms with Crippen molar-refractivity contribution in [2.24, 2.45) is 5.92 Å². The number of pyridine rings is 1. The molecule has 1 aromatic heterocycles. The summed E-state index contributed by atoms with van der Waals surface area (Å²) >= 11 is 0. The van der Waals surface area contributed by atoms with Gasteiger partial charge in [-0.3, -0.25) is 19.5 Å². The summed E-state index contributed by atoms with van der Waals surface area (Å²) in [6.45, 7) is 5.39. The first-order chi connectivity index (χ1) is 14.1. The smallest absolute Gasteiger partial charge is 0.225 e. The van der Waals surface area contributed by atoms with Crippen molar-refractivity contribution < 1.29 is 9.59 Å². The summed E-state index contributed by atoms with van der Waals surface area (Å²) < 4.78 is 0. The lowest BCUT2D eigenvalue weighted by Crippen LogP contribution is -2.46. The van der Waals surface area contributed by atoms with Crippen LogP contribution in [0.5, 0.6) is 0 Å². The zero-order valence-electron chi connectivity index (χ0n) is 17.1. The molecule has 29 heavy (non-hydrogen) atoms. The zero-order chi connectivity index (χ0) is 20.2. The van der Waals surface area contributed by atoms with Crippen LogP contribution in [0.3, 0.4) is 0 Å². The lowest BCUT2D eigenvalue weighted by Gasteiger charge is -2.31. The summed E-state index contributed by atoms with van der Waals surface area (Å²) in [6.07, 6.45) is 3.74. The Hall–Kier alpha value is -2.47. The van der Waals surface area contributed by atoms with Crippen molar-refractivity contribution in [2.45, 2.75) is 45.2 Å². The topological polar surface area (TPSA) is 65.5 Å². The molecule has 154 valence electrons. The molecular weight excluding hydrogens is 364 g/mol. The van der Waals surface area contributed by atoms with E-state index in [0.717, 1.165) is 61.9 Å². The molecule has 1 saturated carbocycles. The van der Waals surface area contributed by atoms with Gasteiger partial charge in [-0.15, -0.1) is 0 Å². The van der Waals surface area contributed by atoms with Gasteiger partial charge in [-0.05, 0) is 31.4 Å². The first kappa shape index (κ1) is 19.8. The Kier molecular flexibility index (Phi) is 6.09. The van der Waals surface area contributed by atoms with Crippen LogP contribution in [-0.4, -0.2) is 58.8 Å².